The van der Waals surface area contributed by atoms with E-state index in [4.69, 9.17) is 0 Å². The third-order valence-electron chi connectivity index (χ3n) is 5.63. The minimum absolute atomic E-state index is 0.0517. The van der Waals surface area contributed by atoms with Gasteiger partial charge in [0, 0.05) is 19.4 Å². The summed E-state index contributed by atoms with van der Waals surface area (Å²) in [4.78, 5) is 26.5. The van der Waals surface area contributed by atoms with Gasteiger partial charge in [0.15, 0.2) is 0 Å². The van der Waals surface area contributed by atoms with Crippen molar-refractivity contribution in [3.8, 4) is 5.75 Å². The predicted octanol–water partition coefficient (Wildman–Crippen LogP) is 5.40. The van der Waals surface area contributed by atoms with Gasteiger partial charge in [-0.05, 0) is 30.5 Å². The van der Waals surface area contributed by atoms with Gasteiger partial charge in [0.1, 0.15) is 11.8 Å². The highest BCUT2D eigenvalue weighted by molar-refractivity contribution is 5.85. The molecule has 5 heteroatoms. The normalized spacial score (nSPS) is 12.1. The number of unbranched alkanes of at least 4 members (excludes halogenated alkanes) is 6. The summed E-state index contributed by atoms with van der Waals surface area (Å²) < 4.78 is 0. The third-order valence-corrected chi connectivity index (χ3v) is 5.63. The molecule has 164 valence electrons. The number of carbonyl (C=O) groups is 2. The molecule has 0 saturated heterocycles. The molecule has 2 N–H and O–H groups in total. The largest absolute Gasteiger partial charge is 0.508 e. The molecule has 0 aliphatic heterocycles. The number of amides is 1. The van der Waals surface area contributed by atoms with Crippen molar-refractivity contribution in [2.24, 2.45) is 5.92 Å². The number of hydrogen-bond acceptors (Lipinski definition) is 3. The molecule has 5 nitrogen and oxygen atoms in total. The average Bonchev–Trinajstić information content (AvgIpc) is 2.71. The molecule has 0 spiro atoms. The molecule has 0 fully saturated rings. The van der Waals surface area contributed by atoms with Crippen molar-refractivity contribution >= 4 is 11.9 Å². The first-order valence-electron chi connectivity index (χ1n) is 11.2. The van der Waals surface area contributed by atoms with Crippen molar-refractivity contribution in [2.75, 3.05) is 7.05 Å². The van der Waals surface area contributed by atoms with Gasteiger partial charge in [0.25, 0.3) is 0 Å². The van der Waals surface area contributed by atoms with Crippen molar-refractivity contribution in [1.29, 1.82) is 0 Å². The van der Waals surface area contributed by atoms with Crippen LogP contribution in [0.15, 0.2) is 24.3 Å². The maximum absolute atomic E-state index is 13.2. The Labute approximate surface area is 176 Å². The van der Waals surface area contributed by atoms with Gasteiger partial charge in [-0.2, -0.15) is 0 Å². The zero-order valence-electron chi connectivity index (χ0n) is 18.4. The Kier molecular flexibility index (Phi) is 12.1. The van der Waals surface area contributed by atoms with Crippen LogP contribution < -0.4 is 0 Å². The third kappa shape index (κ3) is 9.33. The number of benzene rings is 1. The number of hydrogen-bond donors (Lipinski definition) is 2. The highest BCUT2D eigenvalue weighted by Crippen LogP contribution is 2.22. The van der Waals surface area contributed by atoms with E-state index in [0.717, 1.165) is 56.9 Å². The standard InChI is InChI=1S/C24H39NO4/c1-4-6-8-10-12-20(13-11-9-7-5-2)23(27)25(3)22(24(28)29)18-19-14-16-21(26)17-15-19/h14-17,20,22,26H,4-13,18H2,1-3H3,(H,28,29)/t22-/m0/s1. The monoisotopic (exact) mass is 405 g/mol. The number of phenols is 1. The van der Waals surface area contributed by atoms with E-state index in [0.29, 0.717) is 0 Å². The van der Waals surface area contributed by atoms with E-state index in [1.807, 2.05) is 0 Å². The van der Waals surface area contributed by atoms with E-state index < -0.39 is 12.0 Å². The Morgan fingerprint density at radius 3 is 1.86 bits per heavy atom. The molecule has 0 aliphatic carbocycles. The number of phenolic OH excluding ortho intramolecular Hbond substituents is 1. The second-order valence-corrected chi connectivity index (χ2v) is 8.07. The lowest BCUT2D eigenvalue weighted by Gasteiger charge is -2.29. The molecule has 1 amide bonds. The Balaban J connectivity index is 2.81. The van der Waals surface area contributed by atoms with Gasteiger partial charge >= 0.3 is 5.97 Å². The van der Waals surface area contributed by atoms with Crippen molar-refractivity contribution in [1.82, 2.24) is 4.90 Å². The Bertz CT molecular complexity index is 587. The minimum Gasteiger partial charge on any atom is -0.508 e. The molecular formula is C24H39NO4. The van der Waals surface area contributed by atoms with Gasteiger partial charge in [-0.15, -0.1) is 0 Å². The van der Waals surface area contributed by atoms with E-state index in [2.05, 4.69) is 13.8 Å². The zero-order chi connectivity index (χ0) is 21.6. The quantitative estimate of drug-likeness (QED) is 0.383. The number of carboxylic acid groups (broad SMARTS) is 1. The minimum atomic E-state index is -0.996. The predicted molar refractivity (Wildman–Crippen MR) is 117 cm³/mol. The molecule has 1 atom stereocenters. The number of aromatic hydroxyl groups is 1. The summed E-state index contributed by atoms with van der Waals surface area (Å²) in [6.45, 7) is 4.34. The van der Waals surface area contributed by atoms with E-state index in [-0.39, 0.29) is 24.0 Å². The van der Waals surface area contributed by atoms with Crippen LogP contribution in [0.3, 0.4) is 0 Å². The van der Waals surface area contributed by atoms with Crippen LogP contribution in [0.5, 0.6) is 5.75 Å². The maximum atomic E-state index is 13.2. The number of aliphatic carboxylic acids is 1. The molecule has 29 heavy (non-hydrogen) atoms. The second kappa shape index (κ2) is 14.0. The van der Waals surface area contributed by atoms with Gasteiger partial charge in [-0.1, -0.05) is 77.3 Å². The van der Waals surface area contributed by atoms with Crippen LogP contribution in [-0.4, -0.2) is 40.1 Å². The van der Waals surface area contributed by atoms with Crippen LogP contribution in [0.4, 0.5) is 0 Å². The first kappa shape index (κ1) is 25.0. The molecule has 1 aromatic rings. The lowest BCUT2D eigenvalue weighted by atomic mass is 9.92. The van der Waals surface area contributed by atoms with Gasteiger partial charge in [-0.25, -0.2) is 4.79 Å². The molecule has 0 bridgehead atoms. The molecular weight excluding hydrogens is 366 g/mol. The van der Waals surface area contributed by atoms with E-state index in [9.17, 15) is 19.8 Å². The number of carboxylic acids is 1. The Hall–Kier alpha value is -2.04. The summed E-state index contributed by atoms with van der Waals surface area (Å²) in [7, 11) is 1.62. The maximum Gasteiger partial charge on any atom is 0.326 e. The van der Waals surface area contributed by atoms with Gasteiger partial charge in [-0.3, -0.25) is 4.79 Å². The Morgan fingerprint density at radius 1 is 0.897 bits per heavy atom. The molecule has 0 saturated carbocycles. The summed E-state index contributed by atoms with van der Waals surface area (Å²) >= 11 is 0. The molecule has 0 aliphatic rings. The first-order chi connectivity index (χ1) is 13.9. The van der Waals surface area contributed by atoms with Crippen molar-refractivity contribution in [2.45, 2.75) is 90.5 Å². The molecule has 0 heterocycles. The molecule has 1 aromatic carbocycles. The fourth-order valence-electron chi connectivity index (χ4n) is 3.71. The first-order valence-corrected chi connectivity index (χ1v) is 11.2. The van der Waals surface area contributed by atoms with E-state index in [1.165, 1.54) is 17.7 Å². The fraction of sp³-hybridized carbons (Fsp3) is 0.667. The lowest BCUT2D eigenvalue weighted by Crippen LogP contribution is -2.46. The average molecular weight is 406 g/mol. The van der Waals surface area contributed by atoms with Crippen molar-refractivity contribution < 1.29 is 19.8 Å². The van der Waals surface area contributed by atoms with E-state index in [1.54, 1.807) is 31.3 Å². The van der Waals surface area contributed by atoms with Gasteiger partial charge in [0.2, 0.25) is 5.91 Å². The SMILES string of the molecule is CCCCCCC(CCCCCC)C(=O)N(C)[C@@H](Cc1ccc(O)cc1)C(=O)O. The smallest absolute Gasteiger partial charge is 0.326 e. The molecule has 0 radical (unpaired) electrons. The second-order valence-electron chi connectivity index (χ2n) is 8.07. The van der Waals surface area contributed by atoms with Crippen LogP contribution in [-0.2, 0) is 16.0 Å². The molecule has 1 rings (SSSR count). The summed E-state index contributed by atoms with van der Waals surface area (Å²) in [5.74, 6) is -1.01. The molecule has 0 aromatic heterocycles. The number of rotatable bonds is 15. The number of likely N-dealkylation sites (N-methyl/N-ethyl adjacent to an activating group) is 1. The number of nitrogens with zero attached hydrogens (tertiary/aromatic N) is 1. The molecule has 0 unspecified atom stereocenters. The summed E-state index contributed by atoms with van der Waals surface area (Å²) in [6, 6.07) is 5.59. The lowest BCUT2D eigenvalue weighted by molar-refractivity contribution is -0.150. The fourth-order valence-corrected chi connectivity index (χ4v) is 3.71. The highest BCUT2D eigenvalue weighted by atomic mass is 16.4. The topological polar surface area (TPSA) is 77.8 Å². The van der Waals surface area contributed by atoms with Crippen LogP contribution in [0, 0.1) is 5.92 Å². The van der Waals surface area contributed by atoms with Crippen LogP contribution in [0.1, 0.15) is 83.6 Å². The van der Waals surface area contributed by atoms with Crippen molar-refractivity contribution in [3.63, 3.8) is 0 Å². The Morgan fingerprint density at radius 2 is 1.41 bits per heavy atom. The van der Waals surface area contributed by atoms with Crippen LogP contribution in [0.2, 0.25) is 0 Å². The summed E-state index contributed by atoms with van der Waals surface area (Å²) in [5.41, 5.74) is 0.789. The number of carbonyl (C=O) groups excluding carboxylic acids is 1. The van der Waals surface area contributed by atoms with E-state index >= 15 is 0 Å². The summed E-state index contributed by atoms with van der Waals surface area (Å²) in [5, 5.41) is 19.2. The van der Waals surface area contributed by atoms with Crippen LogP contribution >= 0.6 is 0 Å². The highest BCUT2D eigenvalue weighted by Gasteiger charge is 2.30. The van der Waals surface area contributed by atoms with Crippen molar-refractivity contribution in [3.05, 3.63) is 29.8 Å². The summed E-state index contributed by atoms with van der Waals surface area (Å²) in [6.07, 6.45) is 10.8. The van der Waals surface area contributed by atoms with Crippen LogP contribution in [0.25, 0.3) is 0 Å². The zero-order valence-corrected chi connectivity index (χ0v) is 18.4. The van der Waals surface area contributed by atoms with Gasteiger partial charge < -0.3 is 15.1 Å². The van der Waals surface area contributed by atoms with Gasteiger partial charge in [0.05, 0.1) is 0 Å².